The highest BCUT2D eigenvalue weighted by molar-refractivity contribution is 5.89. The monoisotopic (exact) mass is 329 g/mol. The molecule has 0 unspecified atom stereocenters. The van der Waals surface area contributed by atoms with E-state index in [1.165, 1.54) is 23.3 Å². The van der Waals surface area contributed by atoms with E-state index in [0.29, 0.717) is 13.2 Å². The van der Waals surface area contributed by atoms with Crippen molar-refractivity contribution in [3.05, 3.63) is 23.8 Å². The molecule has 1 aliphatic rings. The lowest BCUT2D eigenvalue weighted by Gasteiger charge is -2.26. The van der Waals surface area contributed by atoms with Gasteiger partial charge in [0.05, 0.1) is 18.7 Å². The molecule has 0 bridgehead atoms. The largest absolute Gasteiger partial charge is 0.483 e. The maximum atomic E-state index is 12.1. The second-order valence-electron chi connectivity index (χ2n) is 4.80. The SMILES string of the molecule is N#Cc1cc(NC(=O)N2CCCCO2)ccc1OCC(F)(F)F. The highest BCUT2D eigenvalue weighted by Crippen LogP contribution is 2.25. The number of nitriles is 1. The molecule has 6 nitrogen and oxygen atoms in total. The Morgan fingerprint density at radius 1 is 1.43 bits per heavy atom. The van der Waals surface area contributed by atoms with Crippen LogP contribution in [0.15, 0.2) is 18.2 Å². The number of anilines is 1. The molecular weight excluding hydrogens is 315 g/mol. The molecule has 1 saturated heterocycles. The van der Waals surface area contributed by atoms with Crippen LogP contribution in [0.25, 0.3) is 0 Å². The van der Waals surface area contributed by atoms with E-state index in [-0.39, 0.29) is 17.0 Å². The minimum atomic E-state index is -4.49. The molecule has 2 amide bonds. The van der Waals surface area contributed by atoms with Gasteiger partial charge in [-0.1, -0.05) is 0 Å². The molecule has 23 heavy (non-hydrogen) atoms. The first-order valence-corrected chi connectivity index (χ1v) is 6.84. The van der Waals surface area contributed by atoms with Crippen molar-refractivity contribution in [1.29, 1.82) is 5.26 Å². The maximum Gasteiger partial charge on any atom is 0.422 e. The van der Waals surface area contributed by atoms with E-state index in [1.54, 1.807) is 6.07 Å². The minimum absolute atomic E-state index is 0.105. The summed E-state index contributed by atoms with van der Waals surface area (Å²) in [4.78, 5) is 17.1. The number of carbonyl (C=O) groups is 1. The van der Waals surface area contributed by atoms with Crippen molar-refractivity contribution in [1.82, 2.24) is 5.06 Å². The van der Waals surface area contributed by atoms with E-state index in [0.717, 1.165) is 12.8 Å². The Hall–Kier alpha value is -2.47. The molecule has 1 aromatic carbocycles. The summed E-state index contributed by atoms with van der Waals surface area (Å²) in [6.45, 7) is -0.597. The summed E-state index contributed by atoms with van der Waals surface area (Å²) in [5.74, 6) is -0.197. The number of ether oxygens (including phenoxy) is 1. The summed E-state index contributed by atoms with van der Waals surface area (Å²) < 4.78 is 41.0. The van der Waals surface area contributed by atoms with Crippen LogP contribution in [0.2, 0.25) is 0 Å². The Morgan fingerprint density at radius 3 is 2.83 bits per heavy atom. The van der Waals surface area contributed by atoms with Crippen molar-refractivity contribution in [2.24, 2.45) is 0 Å². The number of amides is 2. The minimum Gasteiger partial charge on any atom is -0.483 e. The molecule has 9 heteroatoms. The summed E-state index contributed by atoms with van der Waals surface area (Å²) in [5, 5.41) is 12.7. The van der Waals surface area contributed by atoms with Crippen molar-refractivity contribution in [3.8, 4) is 11.8 Å². The van der Waals surface area contributed by atoms with Crippen LogP contribution in [-0.2, 0) is 4.84 Å². The number of alkyl halides is 3. The van der Waals surface area contributed by atoms with Gasteiger partial charge in [-0.3, -0.25) is 4.84 Å². The van der Waals surface area contributed by atoms with E-state index < -0.39 is 18.8 Å². The average Bonchev–Trinajstić information content (AvgIpc) is 2.53. The van der Waals surface area contributed by atoms with Gasteiger partial charge < -0.3 is 10.1 Å². The zero-order valence-corrected chi connectivity index (χ0v) is 12.0. The van der Waals surface area contributed by atoms with Gasteiger partial charge in [-0.2, -0.15) is 18.4 Å². The summed E-state index contributed by atoms with van der Waals surface area (Å²) >= 11 is 0. The first-order chi connectivity index (χ1) is 10.9. The lowest BCUT2D eigenvalue weighted by molar-refractivity contribution is -0.153. The molecule has 2 rings (SSSR count). The third kappa shape index (κ3) is 5.03. The molecule has 1 N–H and O–H groups in total. The predicted octanol–water partition coefficient (Wildman–Crippen LogP) is 3.06. The van der Waals surface area contributed by atoms with Gasteiger partial charge in [0.25, 0.3) is 0 Å². The van der Waals surface area contributed by atoms with Gasteiger partial charge in [-0.05, 0) is 31.0 Å². The van der Waals surface area contributed by atoms with E-state index in [4.69, 9.17) is 10.1 Å². The summed E-state index contributed by atoms with van der Waals surface area (Å²) in [6, 6.07) is 5.04. The van der Waals surface area contributed by atoms with Crippen LogP contribution in [0.4, 0.5) is 23.7 Å². The molecule has 0 atom stereocenters. The van der Waals surface area contributed by atoms with Crippen LogP contribution in [0.5, 0.6) is 5.75 Å². The quantitative estimate of drug-likeness (QED) is 0.925. The van der Waals surface area contributed by atoms with E-state index in [1.807, 2.05) is 0 Å². The topological polar surface area (TPSA) is 74.6 Å². The zero-order chi connectivity index (χ0) is 16.9. The maximum absolute atomic E-state index is 12.1. The van der Waals surface area contributed by atoms with Crippen molar-refractivity contribution in [2.45, 2.75) is 19.0 Å². The fourth-order valence-electron chi connectivity index (χ4n) is 1.92. The fourth-order valence-corrected chi connectivity index (χ4v) is 1.92. The van der Waals surface area contributed by atoms with Gasteiger partial charge >= 0.3 is 12.2 Å². The number of benzene rings is 1. The second kappa shape index (κ2) is 7.19. The Balaban J connectivity index is 2.03. The molecular formula is C14H14F3N3O3. The zero-order valence-electron chi connectivity index (χ0n) is 12.0. The third-order valence-electron chi connectivity index (χ3n) is 2.97. The molecule has 0 aromatic heterocycles. The van der Waals surface area contributed by atoms with Crippen LogP contribution < -0.4 is 10.1 Å². The van der Waals surface area contributed by atoms with Crippen LogP contribution in [0, 0.1) is 11.3 Å². The second-order valence-corrected chi connectivity index (χ2v) is 4.80. The van der Waals surface area contributed by atoms with Gasteiger partial charge in [0.15, 0.2) is 6.61 Å². The third-order valence-corrected chi connectivity index (χ3v) is 2.97. The number of halogens is 3. The number of urea groups is 1. The molecule has 124 valence electrons. The van der Waals surface area contributed by atoms with E-state index in [9.17, 15) is 18.0 Å². The number of carbonyl (C=O) groups excluding carboxylic acids is 1. The number of hydroxylamine groups is 2. The summed E-state index contributed by atoms with van der Waals surface area (Å²) in [7, 11) is 0. The normalized spacial score (nSPS) is 15.0. The first-order valence-electron chi connectivity index (χ1n) is 6.84. The Labute approximate surface area is 130 Å². The molecule has 1 fully saturated rings. The molecule has 1 aromatic rings. The van der Waals surface area contributed by atoms with Crippen molar-refractivity contribution in [2.75, 3.05) is 25.1 Å². The lowest BCUT2D eigenvalue weighted by Crippen LogP contribution is -2.38. The highest BCUT2D eigenvalue weighted by atomic mass is 19.4. The van der Waals surface area contributed by atoms with Gasteiger partial charge in [-0.25, -0.2) is 9.86 Å². The van der Waals surface area contributed by atoms with E-state index in [2.05, 4.69) is 10.1 Å². The first kappa shape index (κ1) is 16.9. The van der Waals surface area contributed by atoms with Gasteiger partial charge in [0, 0.05) is 5.69 Å². The lowest BCUT2D eigenvalue weighted by atomic mass is 10.2. The van der Waals surface area contributed by atoms with Gasteiger partial charge in [0.2, 0.25) is 0 Å². The van der Waals surface area contributed by atoms with E-state index >= 15 is 0 Å². The Morgan fingerprint density at radius 2 is 2.22 bits per heavy atom. The van der Waals surface area contributed by atoms with Crippen molar-refractivity contribution >= 4 is 11.7 Å². The van der Waals surface area contributed by atoms with Gasteiger partial charge in [-0.15, -0.1) is 0 Å². The molecule has 0 radical (unpaired) electrons. The number of nitrogens with one attached hydrogen (secondary N) is 1. The van der Waals surface area contributed by atoms with Crippen LogP contribution in [-0.4, -0.2) is 37.0 Å². The predicted molar refractivity (Wildman–Crippen MR) is 73.6 cm³/mol. The molecule has 0 spiro atoms. The molecule has 0 aliphatic carbocycles. The number of nitrogens with zero attached hydrogens (tertiary/aromatic N) is 2. The highest BCUT2D eigenvalue weighted by Gasteiger charge is 2.29. The smallest absolute Gasteiger partial charge is 0.422 e. The van der Waals surface area contributed by atoms with Crippen LogP contribution in [0.1, 0.15) is 18.4 Å². The van der Waals surface area contributed by atoms with Gasteiger partial charge in [0.1, 0.15) is 11.8 Å². The molecule has 1 heterocycles. The number of hydrogen-bond acceptors (Lipinski definition) is 4. The Kier molecular flexibility index (Phi) is 5.28. The number of hydrogen-bond donors (Lipinski definition) is 1. The fraction of sp³-hybridized carbons (Fsp3) is 0.429. The Bertz CT molecular complexity index is 608. The molecule has 1 aliphatic heterocycles. The van der Waals surface area contributed by atoms with Crippen molar-refractivity contribution < 1.29 is 27.5 Å². The van der Waals surface area contributed by atoms with Crippen LogP contribution in [0.3, 0.4) is 0 Å². The van der Waals surface area contributed by atoms with Crippen LogP contribution >= 0.6 is 0 Å². The van der Waals surface area contributed by atoms with Crippen molar-refractivity contribution in [3.63, 3.8) is 0 Å². The molecule has 0 saturated carbocycles. The average molecular weight is 329 g/mol. The summed E-state index contributed by atoms with van der Waals surface area (Å²) in [6.07, 6.45) is -2.81. The standard InChI is InChI=1S/C14H14F3N3O3/c15-14(16,17)9-22-12-4-3-11(7-10(12)8-18)19-13(21)20-5-1-2-6-23-20/h3-4,7H,1-2,5-6,9H2,(H,19,21). The summed E-state index contributed by atoms with van der Waals surface area (Å²) in [5.41, 5.74) is 0.159. The number of rotatable bonds is 3.